The number of rotatable bonds is 10. The molecule has 25 heavy (non-hydrogen) atoms. The smallest absolute Gasteiger partial charge is 0.251 e. The zero-order valence-electron chi connectivity index (χ0n) is 16.1. The number of nitrogens with zero attached hydrogens (tertiary/aromatic N) is 1. The van der Waals surface area contributed by atoms with Crippen molar-refractivity contribution in [3.05, 3.63) is 35.4 Å². The van der Waals surface area contributed by atoms with E-state index in [-0.39, 0.29) is 11.7 Å². The summed E-state index contributed by atoms with van der Waals surface area (Å²) in [5, 5.41) is 3.01. The Hall–Kier alpha value is -1.40. The standard InChI is InChI=1S/C19H32N2O3S/c1-6-21(7-2)18(11-15(3)4)13-20-19(22)17-10-8-9-16(12-17)14-25(5,23)24/h8-10,12,15,18H,6-7,11,13-14H2,1-5H3,(H,20,22). The van der Waals surface area contributed by atoms with E-state index < -0.39 is 9.84 Å². The fourth-order valence-corrected chi connectivity index (χ4v) is 3.85. The van der Waals surface area contributed by atoms with Crippen LogP contribution in [-0.2, 0) is 15.6 Å². The monoisotopic (exact) mass is 368 g/mol. The van der Waals surface area contributed by atoms with Crippen LogP contribution in [0.5, 0.6) is 0 Å². The van der Waals surface area contributed by atoms with Crippen molar-refractivity contribution in [2.24, 2.45) is 5.92 Å². The van der Waals surface area contributed by atoms with E-state index in [9.17, 15) is 13.2 Å². The third kappa shape index (κ3) is 8.01. The molecule has 1 unspecified atom stereocenters. The molecule has 0 aliphatic heterocycles. The number of hydrogen-bond acceptors (Lipinski definition) is 4. The first-order valence-electron chi connectivity index (χ1n) is 8.95. The maximum absolute atomic E-state index is 12.5. The Kier molecular flexibility index (Phi) is 8.59. The third-order valence-electron chi connectivity index (χ3n) is 4.19. The molecule has 0 aliphatic carbocycles. The largest absolute Gasteiger partial charge is 0.350 e. The van der Waals surface area contributed by atoms with E-state index in [0.29, 0.717) is 29.6 Å². The van der Waals surface area contributed by atoms with Gasteiger partial charge in [0.25, 0.3) is 5.91 Å². The lowest BCUT2D eigenvalue weighted by Gasteiger charge is -2.31. The second-order valence-corrected chi connectivity index (χ2v) is 9.13. The molecule has 1 aromatic carbocycles. The Morgan fingerprint density at radius 2 is 1.84 bits per heavy atom. The summed E-state index contributed by atoms with van der Waals surface area (Å²) in [6, 6.07) is 7.14. The molecule has 0 fully saturated rings. The average Bonchev–Trinajstić information content (AvgIpc) is 2.51. The number of carbonyl (C=O) groups excluding carboxylic acids is 1. The van der Waals surface area contributed by atoms with Gasteiger partial charge in [-0.3, -0.25) is 9.69 Å². The first-order valence-corrected chi connectivity index (χ1v) is 11.0. The molecule has 0 aliphatic rings. The van der Waals surface area contributed by atoms with Crippen LogP contribution in [-0.4, -0.2) is 51.2 Å². The molecule has 1 atom stereocenters. The average molecular weight is 369 g/mol. The molecule has 0 spiro atoms. The van der Waals surface area contributed by atoms with Crippen molar-refractivity contribution < 1.29 is 13.2 Å². The van der Waals surface area contributed by atoms with Crippen LogP contribution >= 0.6 is 0 Å². The van der Waals surface area contributed by atoms with Crippen LogP contribution in [0.3, 0.4) is 0 Å². The molecule has 1 N–H and O–H groups in total. The van der Waals surface area contributed by atoms with Crippen molar-refractivity contribution in [1.82, 2.24) is 10.2 Å². The Morgan fingerprint density at radius 1 is 1.20 bits per heavy atom. The van der Waals surface area contributed by atoms with Gasteiger partial charge in [-0.05, 0) is 43.1 Å². The van der Waals surface area contributed by atoms with Crippen LogP contribution in [0.15, 0.2) is 24.3 Å². The van der Waals surface area contributed by atoms with Crippen molar-refractivity contribution in [1.29, 1.82) is 0 Å². The van der Waals surface area contributed by atoms with Crippen LogP contribution < -0.4 is 5.32 Å². The quantitative estimate of drug-likeness (QED) is 0.689. The molecule has 142 valence electrons. The summed E-state index contributed by atoms with van der Waals surface area (Å²) < 4.78 is 22.9. The Labute approximate surface area is 152 Å². The fraction of sp³-hybridized carbons (Fsp3) is 0.632. The number of hydrogen-bond donors (Lipinski definition) is 1. The number of sulfone groups is 1. The molecule has 0 bridgehead atoms. The number of amides is 1. The maximum Gasteiger partial charge on any atom is 0.251 e. The SMILES string of the molecule is CCN(CC)C(CNC(=O)c1cccc(CS(C)(=O)=O)c1)CC(C)C. The molecule has 5 nitrogen and oxygen atoms in total. The van der Waals surface area contributed by atoms with Gasteiger partial charge in [-0.15, -0.1) is 0 Å². The van der Waals surface area contributed by atoms with E-state index in [1.54, 1.807) is 24.3 Å². The molecule has 1 aromatic rings. The predicted octanol–water partition coefficient (Wildman–Crippen LogP) is 2.72. The van der Waals surface area contributed by atoms with Gasteiger partial charge in [0.05, 0.1) is 5.75 Å². The molecule has 0 heterocycles. The third-order valence-corrected chi connectivity index (χ3v) is 5.05. The highest BCUT2D eigenvalue weighted by Crippen LogP contribution is 2.12. The summed E-state index contributed by atoms with van der Waals surface area (Å²) in [6.45, 7) is 11.1. The van der Waals surface area contributed by atoms with Crippen LogP contribution in [0.1, 0.15) is 50.0 Å². The van der Waals surface area contributed by atoms with Crippen molar-refractivity contribution in [2.45, 2.75) is 45.9 Å². The topological polar surface area (TPSA) is 66.5 Å². The van der Waals surface area contributed by atoms with Crippen LogP contribution in [0.25, 0.3) is 0 Å². The van der Waals surface area contributed by atoms with Gasteiger partial charge in [-0.1, -0.05) is 39.8 Å². The molecule has 0 saturated heterocycles. The lowest BCUT2D eigenvalue weighted by atomic mass is 10.0. The summed E-state index contributed by atoms with van der Waals surface area (Å²) in [6.07, 6.45) is 2.22. The zero-order valence-corrected chi connectivity index (χ0v) is 16.9. The van der Waals surface area contributed by atoms with Gasteiger partial charge in [-0.2, -0.15) is 0 Å². The van der Waals surface area contributed by atoms with Gasteiger partial charge < -0.3 is 5.32 Å². The highest BCUT2D eigenvalue weighted by atomic mass is 32.2. The fourth-order valence-electron chi connectivity index (χ4n) is 3.06. The first-order chi connectivity index (χ1) is 11.7. The zero-order chi connectivity index (χ0) is 19.0. The van der Waals surface area contributed by atoms with E-state index in [1.165, 1.54) is 6.26 Å². The number of benzene rings is 1. The van der Waals surface area contributed by atoms with Gasteiger partial charge in [0.1, 0.15) is 0 Å². The van der Waals surface area contributed by atoms with E-state index in [4.69, 9.17) is 0 Å². The van der Waals surface area contributed by atoms with E-state index >= 15 is 0 Å². The highest BCUT2D eigenvalue weighted by Gasteiger charge is 2.18. The minimum absolute atomic E-state index is 0.0520. The number of nitrogens with one attached hydrogen (secondary N) is 1. The summed E-state index contributed by atoms with van der Waals surface area (Å²) in [5.74, 6) is 0.348. The normalized spacial score (nSPS) is 13.2. The molecule has 0 radical (unpaired) electrons. The molecule has 0 saturated carbocycles. The minimum atomic E-state index is -3.12. The molecule has 1 rings (SSSR count). The Balaban J connectivity index is 2.78. The molecular formula is C19H32N2O3S. The molecular weight excluding hydrogens is 336 g/mol. The van der Waals surface area contributed by atoms with E-state index in [2.05, 4.69) is 37.9 Å². The lowest BCUT2D eigenvalue weighted by Crippen LogP contribution is -2.44. The summed E-state index contributed by atoms with van der Waals surface area (Å²) in [5.41, 5.74) is 1.14. The predicted molar refractivity (Wildman–Crippen MR) is 103 cm³/mol. The van der Waals surface area contributed by atoms with E-state index in [0.717, 1.165) is 19.5 Å². The van der Waals surface area contributed by atoms with Crippen LogP contribution in [0.4, 0.5) is 0 Å². The highest BCUT2D eigenvalue weighted by molar-refractivity contribution is 7.89. The summed E-state index contributed by atoms with van der Waals surface area (Å²) in [7, 11) is -3.12. The van der Waals surface area contributed by atoms with Crippen molar-refractivity contribution in [3.8, 4) is 0 Å². The molecule has 0 aromatic heterocycles. The molecule has 1 amide bonds. The van der Waals surface area contributed by atoms with Gasteiger partial charge in [0.15, 0.2) is 9.84 Å². The summed E-state index contributed by atoms with van der Waals surface area (Å²) >= 11 is 0. The van der Waals surface area contributed by atoms with Gasteiger partial charge >= 0.3 is 0 Å². The van der Waals surface area contributed by atoms with E-state index in [1.807, 2.05) is 0 Å². The van der Waals surface area contributed by atoms with Crippen molar-refractivity contribution in [2.75, 3.05) is 25.9 Å². The first kappa shape index (κ1) is 21.6. The van der Waals surface area contributed by atoms with Gasteiger partial charge in [-0.25, -0.2) is 8.42 Å². The maximum atomic E-state index is 12.5. The van der Waals surface area contributed by atoms with Gasteiger partial charge in [0.2, 0.25) is 0 Å². The number of likely N-dealkylation sites (N-methyl/N-ethyl adjacent to an activating group) is 1. The second-order valence-electron chi connectivity index (χ2n) is 6.99. The van der Waals surface area contributed by atoms with Crippen molar-refractivity contribution in [3.63, 3.8) is 0 Å². The van der Waals surface area contributed by atoms with Crippen LogP contribution in [0, 0.1) is 5.92 Å². The van der Waals surface area contributed by atoms with Gasteiger partial charge in [0, 0.05) is 24.4 Å². The summed E-state index contributed by atoms with van der Waals surface area (Å²) in [4.78, 5) is 14.8. The number of carbonyl (C=O) groups is 1. The molecule has 6 heteroatoms. The minimum Gasteiger partial charge on any atom is -0.350 e. The van der Waals surface area contributed by atoms with Crippen molar-refractivity contribution >= 4 is 15.7 Å². The lowest BCUT2D eigenvalue weighted by molar-refractivity contribution is 0.0929. The Bertz CT molecular complexity index is 652. The van der Waals surface area contributed by atoms with Crippen LogP contribution in [0.2, 0.25) is 0 Å². The second kappa shape index (κ2) is 9.92. The Morgan fingerprint density at radius 3 is 2.36 bits per heavy atom.